The van der Waals surface area contributed by atoms with Gasteiger partial charge in [0, 0.05) is 49.5 Å². The van der Waals surface area contributed by atoms with E-state index in [1.54, 1.807) is 0 Å². The first-order chi connectivity index (χ1) is 15.9. The van der Waals surface area contributed by atoms with Crippen LogP contribution >= 0.6 is 0 Å². The van der Waals surface area contributed by atoms with Gasteiger partial charge in [0.05, 0.1) is 0 Å². The van der Waals surface area contributed by atoms with Crippen LogP contribution in [0.15, 0.2) is 54.6 Å². The molecule has 1 aliphatic rings. The number of benzene rings is 2. The summed E-state index contributed by atoms with van der Waals surface area (Å²) < 4.78 is 0. The first-order valence-corrected chi connectivity index (χ1v) is 11.7. The topological polar surface area (TPSA) is 61.4 Å². The van der Waals surface area contributed by atoms with Gasteiger partial charge >= 0.3 is 6.03 Å². The largest absolute Gasteiger partial charge is 0.353 e. The Morgan fingerprint density at radius 2 is 1.61 bits per heavy atom. The van der Waals surface area contributed by atoms with Gasteiger partial charge in [-0.2, -0.15) is 0 Å². The summed E-state index contributed by atoms with van der Waals surface area (Å²) in [6.45, 7) is 11.1. The molecule has 0 bridgehead atoms. The third kappa shape index (κ3) is 5.51. The van der Waals surface area contributed by atoms with Gasteiger partial charge in [-0.15, -0.1) is 0 Å². The van der Waals surface area contributed by atoms with Crippen molar-refractivity contribution in [2.45, 2.75) is 40.0 Å². The lowest BCUT2D eigenvalue weighted by Gasteiger charge is -2.36. The lowest BCUT2D eigenvalue weighted by molar-refractivity contribution is 0.208. The predicted octanol–water partition coefficient (Wildman–Crippen LogP) is 5.16. The van der Waals surface area contributed by atoms with Crippen molar-refractivity contribution in [3.05, 3.63) is 82.8 Å². The first-order valence-electron chi connectivity index (χ1n) is 11.7. The molecular formula is C27H33N5O. The number of urea groups is 1. The molecule has 0 unspecified atom stereocenters. The van der Waals surface area contributed by atoms with Gasteiger partial charge < -0.3 is 15.1 Å². The number of anilines is 2. The van der Waals surface area contributed by atoms with Gasteiger partial charge in [0.25, 0.3) is 0 Å². The van der Waals surface area contributed by atoms with Crippen molar-refractivity contribution in [3.63, 3.8) is 0 Å². The van der Waals surface area contributed by atoms with Crippen LogP contribution in [0.25, 0.3) is 0 Å². The van der Waals surface area contributed by atoms with Crippen molar-refractivity contribution in [2.75, 3.05) is 36.4 Å². The Morgan fingerprint density at radius 1 is 0.939 bits per heavy atom. The van der Waals surface area contributed by atoms with Crippen LogP contribution in [0.3, 0.4) is 0 Å². The van der Waals surface area contributed by atoms with Crippen molar-refractivity contribution in [1.82, 2.24) is 14.9 Å². The summed E-state index contributed by atoms with van der Waals surface area (Å²) in [5, 5.41) is 3.04. The quantitative estimate of drug-likeness (QED) is 0.592. The van der Waals surface area contributed by atoms with Gasteiger partial charge in [-0.3, -0.25) is 0 Å². The maximum atomic E-state index is 12.8. The molecule has 1 aromatic heterocycles. The number of hydrogen-bond donors (Lipinski definition) is 1. The Labute approximate surface area is 196 Å². The second kappa shape index (κ2) is 10.0. The average Bonchev–Trinajstić information content (AvgIpc) is 2.82. The molecule has 2 heterocycles. The van der Waals surface area contributed by atoms with Gasteiger partial charge in [0.2, 0.25) is 0 Å². The third-order valence-electron chi connectivity index (χ3n) is 6.22. The maximum absolute atomic E-state index is 12.8. The summed E-state index contributed by atoms with van der Waals surface area (Å²) in [6.07, 6.45) is 0.801. The van der Waals surface area contributed by atoms with E-state index in [0.717, 1.165) is 48.1 Å². The van der Waals surface area contributed by atoms with Crippen molar-refractivity contribution < 1.29 is 4.79 Å². The molecule has 0 radical (unpaired) electrons. The molecule has 0 atom stereocenters. The molecule has 6 heteroatoms. The number of rotatable bonds is 5. The number of amides is 2. The van der Waals surface area contributed by atoms with E-state index < -0.39 is 0 Å². The number of nitrogens with one attached hydrogen (secondary N) is 1. The molecule has 1 saturated heterocycles. The van der Waals surface area contributed by atoms with Gasteiger partial charge in [0.15, 0.2) is 0 Å². The molecule has 4 rings (SSSR count). The van der Waals surface area contributed by atoms with Crippen molar-refractivity contribution in [2.24, 2.45) is 0 Å². The lowest BCUT2D eigenvalue weighted by Crippen LogP contribution is -2.50. The van der Waals surface area contributed by atoms with Crippen molar-refractivity contribution in [3.8, 4) is 0 Å². The third-order valence-corrected chi connectivity index (χ3v) is 6.22. The van der Waals surface area contributed by atoms with E-state index in [9.17, 15) is 4.79 Å². The minimum absolute atomic E-state index is 0.0495. The highest BCUT2D eigenvalue weighted by molar-refractivity contribution is 5.89. The van der Waals surface area contributed by atoms with Crippen LogP contribution in [0.2, 0.25) is 0 Å². The number of hydrogen-bond acceptors (Lipinski definition) is 4. The fourth-order valence-electron chi connectivity index (χ4n) is 4.26. The highest BCUT2D eigenvalue weighted by atomic mass is 16.2. The minimum Gasteiger partial charge on any atom is -0.353 e. The molecule has 0 aliphatic carbocycles. The second-order valence-electron chi connectivity index (χ2n) is 9.00. The number of nitrogens with zero attached hydrogens (tertiary/aromatic N) is 4. The second-order valence-corrected chi connectivity index (χ2v) is 9.00. The summed E-state index contributed by atoms with van der Waals surface area (Å²) in [4.78, 5) is 26.4. The number of carbonyl (C=O) groups is 1. The van der Waals surface area contributed by atoms with Crippen LogP contribution in [0.4, 0.5) is 16.3 Å². The van der Waals surface area contributed by atoms with E-state index in [4.69, 9.17) is 4.98 Å². The highest BCUT2D eigenvalue weighted by Gasteiger charge is 2.25. The zero-order valence-electron chi connectivity index (χ0n) is 20.0. The van der Waals surface area contributed by atoms with E-state index in [-0.39, 0.29) is 6.03 Å². The molecule has 3 aromatic rings. The molecule has 1 fully saturated rings. The maximum Gasteiger partial charge on any atom is 0.321 e. The number of piperazine rings is 1. The summed E-state index contributed by atoms with van der Waals surface area (Å²) in [7, 11) is 0. The lowest BCUT2D eigenvalue weighted by atomic mass is 10.0. The van der Waals surface area contributed by atoms with E-state index in [0.29, 0.717) is 19.0 Å². The molecule has 0 saturated carbocycles. The van der Waals surface area contributed by atoms with Crippen LogP contribution < -0.4 is 10.2 Å². The van der Waals surface area contributed by atoms with Crippen molar-refractivity contribution >= 4 is 17.5 Å². The Kier molecular flexibility index (Phi) is 6.92. The summed E-state index contributed by atoms with van der Waals surface area (Å²) >= 11 is 0. The number of aryl methyl sites for hydroxylation is 2. The van der Waals surface area contributed by atoms with E-state index in [1.807, 2.05) is 30.0 Å². The standard InChI is InChI=1S/C27H33N5O/c1-19(2)23-10-12-24(13-11-23)30-27(33)32-16-14-31(15-17-32)26-25(20(3)28-21(4)29-26)18-22-8-6-5-7-9-22/h5-13,19H,14-18H2,1-4H3,(H,30,33). The van der Waals surface area contributed by atoms with E-state index in [2.05, 4.69) is 72.4 Å². The Bertz CT molecular complexity index is 1090. The Hall–Kier alpha value is -3.41. The molecule has 2 aromatic carbocycles. The molecule has 0 spiro atoms. The molecule has 172 valence electrons. The minimum atomic E-state index is -0.0495. The fraction of sp³-hybridized carbons (Fsp3) is 0.370. The zero-order chi connectivity index (χ0) is 23.4. The van der Waals surface area contributed by atoms with Crippen LogP contribution in [-0.4, -0.2) is 47.1 Å². The number of aromatic nitrogens is 2. The molecule has 6 nitrogen and oxygen atoms in total. The fourth-order valence-corrected chi connectivity index (χ4v) is 4.26. The average molecular weight is 444 g/mol. The highest BCUT2D eigenvalue weighted by Crippen LogP contribution is 2.25. The van der Waals surface area contributed by atoms with Crippen LogP contribution in [0.1, 0.15) is 48.0 Å². The number of carbonyl (C=O) groups excluding carboxylic acids is 1. The Balaban J connectivity index is 1.42. The monoisotopic (exact) mass is 443 g/mol. The SMILES string of the molecule is Cc1nc(C)c(Cc2ccccc2)c(N2CCN(C(=O)Nc3ccc(C(C)C)cc3)CC2)n1. The van der Waals surface area contributed by atoms with Crippen LogP contribution in [0.5, 0.6) is 0 Å². The molecule has 1 N–H and O–H groups in total. The van der Waals surface area contributed by atoms with E-state index in [1.165, 1.54) is 11.1 Å². The Morgan fingerprint density at radius 3 is 2.24 bits per heavy atom. The van der Waals surface area contributed by atoms with E-state index >= 15 is 0 Å². The van der Waals surface area contributed by atoms with Gasteiger partial charge in [0.1, 0.15) is 11.6 Å². The van der Waals surface area contributed by atoms with Gasteiger partial charge in [-0.05, 0) is 43.0 Å². The molecular weight excluding hydrogens is 410 g/mol. The predicted molar refractivity (Wildman–Crippen MR) is 134 cm³/mol. The summed E-state index contributed by atoms with van der Waals surface area (Å²) in [5.74, 6) is 2.25. The normalized spacial score (nSPS) is 14.0. The first kappa shape index (κ1) is 22.8. The van der Waals surface area contributed by atoms with Crippen LogP contribution in [-0.2, 0) is 6.42 Å². The van der Waals surface area contributed by atoms with Crippen molar-refractivity contribution in [1.29, 1.82) is 0 Å². The van der Waals surface area contributed by atoms with Crippen LogP contribution in [0, 0.1) is 13.8 Å². The summed E-state index contributed by atoms with van der Waals surface area (Å²) in [5.41, 5.74) is 5.53. The van der Waals surface area contributed by atoms with Gasteiger partial charge in [-0.25, -0.2) is 14.8 Å². The molecule has 2 amide bonds. The van der Waals surface area contributed by atoms with Gasteiger partial charge in [-0.1, -0.05) is 56.3 Å². The molecule has 1 aliphatic heterocycles. The zero-order valence-corrected chi connectivity index (χ0v) is 20.0. The smallest absolute Gasteiger partial charge is 0.321 e. The summed E-state index contributed by atoms with van der Waals surface area (Å²) in [6, 6.07) is 18.5. The molecule has 33 heavy (non-hydrogen) atoms.